The van der Waals surface area contributed by atoms with Crippen molar-refractivity contribution in [3.05, 3.63) is 0 Å². The zero-order valence-electron chi connectivity index (χ0n) is 11.4. The smallest absolute Gasteiger partial charge is 0.214 e. The van der Waals surface area contributed by atoms with Crippen LogP contribution in [0.5, 0.6) is 0 Å². The molecule has 4 nitrogen and oxygen atoms in total. The van der Waals surface area contributed by atoms with Crippen LogP contribution in [0.3, 0.4) is 0 Å². The number of nitrogens with one attached hydrogen (secondary N) is 1. The normalized spacial score (nSPS) is 23.4. The molecule has 1 aliphatic heterocycles. The van der Waals surface area contributed by atoms with Gasteiger partial charge < -0.3 is 5.32 Å². The third kappa shape index (κ3) is 4.52. The van der Waals surface area contributed by atoms with Crippen LogP contribution < -0.4 is 5.32 Å². The molecule has 18 heavy (non-hydrogen) atoms. The van der Waals surface area contributed by atoms with Crippen molar-refractivity contribution in [3.63, 3.8) is 0 Å². The highest BCUT2D eigenvalue weighted by Crippen LogP contribution is 2.20. The average molecular weight is 274 g/mol. The number of rotatable bonds is 7. The monoisotopic (exact) mass is 274 g/mol. The van der Waals surface area contributed by atoms with Gasteiger partial charge in [0.15, 0.2) is 0 Å². The Bertz CT molecular complexity index is 344. The Morgan fingerprint density at radius 2 is 1.78 bits per heavy atom. The van der Waals surface area contributed by atoms with Crippen LogP contribution in [0.15, 0.2) is 0 Å². The number of piperidine rings is 1. The van der Waals surface area contributed by atoms with Crippen molar-refractivity contribution in [1.82, 2.24) is 9.62 Å². The molecule has 0 aromatic carbocycles. The highest BCUT2D eigenvalue weighted by Gasteiger charge is 2.26. The number of sulfonamides is 1. The molecule has 1 aliphatic carbocycles. The molecule has 1 heterocycles. The summed E-state index contributed by atoms with van der Waals surface area (Å²) in [5.74, 6) is 1.01. The molecule has 0 amide bonds. The first-order chi connectivity index (χ1) is 8.58. The van der Waals surface area contributed by atoms with Crippen LogP contribution in [0, 0.1) is 5.92 Å². The molecule has 2 rings (SSSR count). The van der Waals surface area contributed by atoms with Crippen molar-refractivity contribution in [1.29, 1.82) is 0 Å². The van der Waals surface area contributed by atoms with Gasteiger partial charge >= 0.3 is 0 Å². The molecule has 0 bridgehead atoms. The number of hydrogen-bond donors (Lipinski definition) is 1. The maximum atomic E-state index is 12.1. The molecule has 0 atom stereocenters. The van der Waals surface area contributed by atoms with Gasteiger partial charge in [-0.3, -0.25) is 0 Å². The van der Waals surface area contributed by atoms with E-state index in [9.17, 15) is 8.42 Å². The minimum absolute atomic E-state index is 0.327. The molecule has 0 aromatic rings. The molecule has 2 aliphatic rings. The molecular weight excluding hydrogens is 248 g/mol. The van der Waals surface area contributed by atoms with E-state index >= 15 is 0 Å². The maximum absolute atomic E-state index is 12.1. The topological polar surface area (TPSA) is 49.4 Å². The summed E-state index contributed by atoms with van der Waals surface area (Å²) in [6.45, 7) is 4.62. The van der Waals surface area contributed by atoms with Crippen molar-refractivity contribution in [2.24, 2.45) is 5.92 Å². The average Bonchev–Trinajstić information content (AvgIpc) is 3.13. The van der Waals surface area contributed by atoms with Crippen LogP contribution in [-0.2, 0) is 10.0 Å². The largest absolute Gasteiger partial charge is 0.314 e. The fraction of sp³-hybridized carbons (Fsp3) is 1.00. The van der Waals surface area contributed by atoms with Crippen molar-refractivity contribution < 1.29 is 8.42 Å². The molecular formula is C13H26N2O2S. The minimum Gasteiger partial charge on any atom is -0.314 e. The van der Waals surface area contributed by atoms with E-state index in [1.165, 1.54) is 12.8 Å². The lowest BCUT2D eigenvalue weighted by Gasteiger charge is -2.29. The van der Waals surface area contributed by atoms with Crippen molar-refractivity contribution in [3.8, 4) is 0 Å². The lowest BCUT2D eigenvalue weighted by molar-refractivity contribution is 0.288. The molecule has 5 heteroatoms. The van der Waals surface area contributed by atoms with Gasteiger partial charge in [0.05, 0.1) is 5.75 Å². The fourth-order valence-electron chi connectivity index (χ4n) is 2.40. The van der Waals surface area contributed by atoms with Crippen molar-refractivity contribution in [2.45, 2.75) is 51.5 Å². The van der Waals surface area contributed by atoms with Crippen LogP contribution in [-0.4, -0.2) is 44.2 Å². The lowest BCUT2D eigenvalue weighted by Crippen LogP contribution is -2.39. The molecule has 1 saturated carbocycles. The van der Waals surface area contributed by atoms with Crippen LogP contribution in [0.25, 0.3) is 0 Å². The van der Waals surface area contributed by atoms with Crippen LogP contribution in [0.2, 0.25) is 0 Å². The number of hydrogen-bond acceptors (Lipinski definition) is 3. The number of unbranched alkanes of at least 4 members (excludes halogenated alkanes) is 1. The van der Waals surface area contributed by atoms with Crippen LogP contribution in [0.1, 0.15) is 45.4 Å². The molecule has 106 valence electrons. The van der Waals surface area contributed by atoms with Gasteiger partial charge in [-0.2, -0.15) is 0 Å². The Hall–Kier alpha value is -0.130. The highest BCUT2D eigenvalue weighted by molar-refractivity contribution is 7.89. The van der Waals surface area contributed by atoms with Gasteiger partial charge in [-0.1, -0.05) is 6.92 Å². The highest BCUT2D eigenvalue weighted by atomic mass is 32.2. The zero-order valence-corrected chi connectivity index (χ0v) is 12.2. The predicted octanol–water partition coefficient (Wildman–Crippen LogP) is 1.58. The van der Waals surface area contributed by atoms with Gasteiger partial charge in [0, 0.05) is 19.1 Å². The van der Waals surface area contributed by atoms with E-state index in [-0.39, 0.29) is 0 Å². The molecule has 0 radical (unpaired) electrons. The summed E-state index contributed by atoms with van der Waals surface area (Å²) in [4.78, 5) is 0. The maximum Gasteiger partial charge on any atom is 0.214 e. The third-order valence-corrected chi connectivity index (χ3v) is 5.93. The Morgan fingerprint density at radius 1 is 1.11 bits per heavy atom. The van der Waals surface area contributed by atoms with E-state index in [0.29, 0.717) is 11.7 Å². The van der Waals surface area contributed by atoms with Gasteiger partial charge in [-0.05, 0) is 51.0 Å². The Labute approximate surface area is 111 Å². The molecule has 2 fully saturated rings. The predicted molar refractivity (Wildman–Crippen MR) is 74.0 cm³/mol. The van der Waals surface area contributed by atoms with Gasteiger partial charge in [0.2, 0.25) is 10.0 Å². The molecule has 1 N–H and O–H groups in total. The third-order valence-electron chi connectivity index (χ3n) is 3.98. The minimum atomic E-state index is -2.99. The van der Waals surface area contributed by atoms with E-state index in [0.717, 1.165) is 51.4 Å². The Morgan fingerprint density at radius 3 is 2.39 bits per heavy atom. The van der Waals surface area contributed by atoms with Crippen LogP contribution in [0.4, 0.5) is 0 Å². The standard InChI is InChI=1S/C13H26N2O2S/c1-12-6-9-15(10-7-12)18(16,17)11-3-2-8-14-13-4-5-13/h12-14H,2-11H2,1H3. The second kappa shape index (κ2) is 6.35. The van der Waals surface area contributed by atoms with Crippen LogP contribution >= 0.6 is 0 Å². The summed E-state index contributed by atoms with van der Waals surface area (Å²) >= 11 is 0. The summed E-state index contributed by atoms with van der Waals surface area (Å²) in [5.41, 5.74) is 0. The summed E-state index contributed by atoms with van der Waals surface area (Å²) in [7, 11) is -2.99. The first-order valence-electron chi connectivity index (χ1n) is 7.29. The van der Waals surface area contributed by atoms with Gasteiger partial charge in [0.1, 0.15) is 0 Å². The lowest BCUT2D eigenvalue weighted by atomic mass is 10.0. The SMILES string of the molecule is CC1CCN(S(=O)(=O)CCCCNC2CC2)CC1. The zero-order chi connectivity index (χ0) is 13.0. The van der Waals surface area contributed by atoms with Crippen molar-refractivity contribution in [2.75, 3.05) is 25.4 Å². The molecule has 0 unspecified atom stereocenters. The van der Waals surface area contributed by atoms with Crippen molar-refractivity contribution >= 4 is 10.0 Å². The second-order valence-corrected chi connectivity index (χ2v) is 7.92. The van der Waals surface area contributed by atoms with E-state index < -0.39 is 10.0 Å². The summed E-state index contributed by atoms with van der Waals surface area (Å²) in [6, 6.07) is 0.727. The molecule has 0 aromatic heterocycles. The van der Waals surface area contributed by atoms with E-state index in [1.54, 1.807) is 4.31 Å². The number of nitrogens with zero attached hydrogens (tertiary/aromatic N) is 1. The van der Waals surface area contributed by atoms with E-state index in [1.807, 2.05) is 0 Å². The van der Waals surface area contributed by atoms with Gasteiger partial charge in [0.25, 0.3) is 0 Å². The van der Waals surface area contributed by atoms with Gasteiger partial charge in [-0.15, -0.1) is 0 Å². The van der Waals surface area contributed by atoms with E-state index in [2.05, 4.69) is 12.2 Å². The second-order valence-electron chi connectivity index (χ2n) is 5.83. The molecule has 0 spiro atoms. The fourth-order valence-corrected chi connectivity index (χ4v) is 3.99. The first-order valence-corrected chi connectivity index (χ1v) is 8.90. The summed E-state index contributed by atoms with van der Waals surface area (Å²) in [5, 5.41) is 3.42. The summed E-state index contributed by atoms with van der Waals surface area (Å²) < 4.78 is 25.9. The summed E-state index contributed by atoms with van der Waals surface area (Å²) in [6.07, 6.45) is 6.38. The quantitative estimate of drug-likeness (QED) is 0.717. The molecule has 1 saturated heterocycles. The van der Waals surface area contributed by atoms with Gasteiger partial charge in [-0.25, -0.2) is 12.7 Å². The Kier molecular flexibility index (Phi) is 5.04. The first kappa shape index (κ1) is 14.3. The van der Waals surface area contributed by atoms with E-state index in [4.69, 9.17) is 0 Å². The Balaban J connectivity index is 1.63.